The predicted octanol–water partition coefficient (Wildman–Crippen LogP) is 1.08. The van der Waals surface area contributed by atoms with Gasteiger partial charge in [0.25, 0.3) is 0 Å². The fraction of sp³-hybridized carbons (Fsp3) is 0.545. The van der Waals surface area contributed by atoms with Crippen molar-refractivity contribution < 1.29 is 4.79 Å². The number of amides is 1. The summed E-state index contributed by atoms with van der Waals surface area (Å²) in [7, 11) is 2.12. The van der Waals surface area contributed by atoms with Gasteiger partial charge in [-0.25, -0.2) is 0 Å². The third-order valence-electron chi connectivity index (χ3n) is 6.05. The standard InChI is InChI=1S/C22H29N7O/c1-16-11-18(26-20(30)15-28-9-7-27(2)8-10-28)14-29(13-16)19-4-3-17(12-23)21-22(19)25-6-5-24-21/h3-6,16,18H,7-11,13-15H2,1-2H3,(H,26,30)/t16-,18+/m0/s1. The van der Waals surface area contributed by atoms with Gasteiger partial charge >= 0.3 is 0 Å². The van der Waals surface area contributed by atoms with Crippen molar-refractivity contribution >= 4 is 22.6 Å². The van der Waals surface area contributed by atoms with Crippen LogP contribution in [-0.2, 0) is 4.79 Å². The molecule has 1 amide bonds. The molecular formula is C22H29N7O. The zero-order valence-corrected chi connectivity index (χ0v) is 17.7. The number of benzene rings is 1. The molecule has 8 nitrogen and oxygen atoms in total. The number of aromatic nitrogens is 2. The van der Waals surface area contributed by atoms with Gasteiger partial charge in [-0.15, -0.1) is 0 Å². The quantitative estimate of drug-likeness (QED) is 0.811. The molecule has 2 atom stereocenters. The highest BCUT2D eigenvalue weighted by atomic mass is 16.2. The zero-order valence-electron chi connectivity index (χ0n) is 17.7. The Hall–Kier alpha value is -2.76. The van der Waals surface area contributed by atoms with Gasteiger partial charge in [0.15, 0.2) is 0 Å². The molecule has 3 heterocycles. The first-order chi connectivity index (χ1) is 14.5. The normalized spacial score (nSPS) is 23.3. The second kappa shape index (κ2) is 8.94. The van der Waals surface area contributed by atoms with Gasteiger partial charge in [0.1, 0.15) is 17.1 Å². The second-order valence-corrected chi connectivity index (χ2v) is 8.59. The first-order valence-corrected chi connectivity index (χ1v) is 10.6. The molecule has 4 rings (SSSR count). The molecule has 8 heteroatoms. The van der Waals surface area contributed by atoms with Crippen molar-refractivity contribution in [2.45, 2.75) is 19.4 Å². The molecule has 0 aliphatic carbocycles. The Balaban J connectivity index is 1.46. The molecule has 158 valence electrons. The van der Waals surface area contributed by atoms with E-state index < -0.39 is 0 Å². The largest absolute Gasteiger partial charge is 0.367 e. The molecule has 2 aliphatic rings. The van der Waals surface area contributed by atoms with Crippen molar-refractivity contribution in [1.82, 2.24) is 25.1 Å². The number of nitrogens with one attached hydrogen (secondary N) is 1. The lowest BCUT2D eigenvalue weighted by Gasteiger charge is -2.39. The third kappa shape index (κ3) is 4.53. The smallest absolute Gasteiger partial charge is 0.234 e. The van der Waals surface area contributed by atoms with Gasteiger partial charge in [-0.2, -0.15) is 5.26 Å². The molecule has 1 N–H and O–H groups in total. The van der Waals surface area contributed by atoms with Crippen LogP contribution in [0.5, 0.6) is 0 Å². The highest BCUT2D eigenvalue weighted by Gasteiger charge is 2.28. The van der Waals surface area contributed by atoms with Crippen molar-refractivity contribution in [3.8, 4) is 6.07 Å². The number of nitriles is 1. The Labute approximate surface area is 177 Å². The average Bonchev–Trinajstić information content (AvgIpc) is 2.74. The Kier molecular flexibility index (Phi) is 6.11. The van der Waals surface area contributed by atoms with Crippen LogP contribution in [0.3, 0.4) is 0 Å². The summed E-state index contributed by atoms with van der Waals surface area (Å²) in [5.74, 6) is 0.540. The summed E-state index contributed by atoms with van der Waals surface area (Å²) >= 11 is 0. The van der Waals surface area contributed by atoms with Gasteiger partial charge in [-0.1, -0.05) is 6.92 Å². The number of likely N-dealkylation sites (N-methyl/N-ethyl adjacent to an activating group) is 1. The molecule has 1 aromatic carbocycles. The number of carbonyl (C=O) groups is 1. The number of carbonyl (C=O) groups excluding carboxylic acids is 1. The lowest BCUT2D eigenvalue weighted by Crippen LogP contribution is -2.54. The molecule has 0 spiro atoms. The summed E-state index contributed by atoms with van der Waals surface area (Å²) in [4.78, 5) is 28.3. The number of piperazine rings is 1. The van der Waals surface area contributed by atoms with E-state index in [0.717, 1.165) is 56.9 Å². The van der Waals surface area contributed by atoms with E-state index in [-0.39, 0.29) is 11.9 Å². The van der Waals surface area contributed by atoms with E-state index in [0.29, 0.717) is 23.5 Å². The number of hydrogen-bond acceptors (Lipinski definition) is 7. The van der Waals surface area contributed by atoms with E-state index in [2.05, 4.69) is 50.0 Å². The van der Waals surface area contributed by atoms with Crippen LogP contribution in [0.4, 0.5) is 5.69 Å². The van der Waals surface area contributed by atoms with E-state index in [4.69, 9.17) is 0 Å². The summed E-state index contributed by atoms with van der Waals surface area (Å²) in [5.41, 5.74) is 2.88. The Bertz CT molecular complexity index is 948. The minimum atomic E-state index is 0.0936. The van der Waals surface area contributed by atoms with Crippen LogP contribution in [0, 0.1) is 17.2 Å². The minimum absolute atomic E-state index is 0.0936. The molecule has 1 aromatic heterocycles. The highest BCUT2D eigenvalue weighted by molar-refractivity contribution is 5.92. The number of rotatable bonds is 4. The molecule has 0 unspecified atom stereocenters. The predicted molar refractivity (Wildman–Crippen MR) is 116 cm³/mol. The highest BCUT2D eigenvalue weighted by Crippen LogP contribution is 2.30. The molecule has 2 aromatic rings. The molecule has 2 fully saturated rings. The van der Waals surface area contributed by atoms with Gasteiger partial charge in [0, 0.05) is 57.7 Å². The lowest BCUT2D eigenvalue weighted by molar-refractivity contribution is -0.123. The average molecular weight is 408 g/mol. The van der Waals surface area contributed by atoms with E-state index in [9.17, 15) is 10.1 Å². The zero-order chi connectivity index (χ0) is 21.1. The van der Waals surface area contributed by atoms with Crippen molar-refractivity contribution in [2.24, 2.45) is 5.92 Å². The lowest BCUT2D eigenvalue weighted by atomic mass is 9.95. The van der Waals surface area contributed by atoms with Crippen molar-refractivity contribution in [2.75, 3.05) is 57.8 Å². The van der Waals surface area contributed by atoms with Crippen LogP contribution >= 0.6 is 0 Å². The maximum absolute atomic E-state index is 12.7. The Morgan fingerprint density at radius 1 is 1.17 bits per heavy atom. The molecule has 0 radical (unpaired) electrons. The van der Waals surface area contributed by atoms with Crippen LogP contribution in [0.1, 0.15) is 18.9 Å². The summed E-state index contributed by atoms with van der Waals surface area (Å²) in [6, 6.07) is 6.06. The van der Waals surface area contributed by atoms with Gasteiger partial charge in [-0.05, 0) is 31.5 Å². The summed E-state index contributed by atoms with van der Waals surface area (Å²) in [6.07, 6.45) is 4.24. The molecular weight excluding hydrogens is 378 g/mol. The van der Waals surface area contributed by atoms with Gasteiger partial charge in [0.2, 0.25) is 5.91 Å². The van der Waals surface area contributed by atoms with E-state index in [1.165, 1.54) is 0 Å². The van der Waals surface area contributed by atoms with Crippen molar-refractivity contribution in [3.63, 3.8) is 0 Å². The molecule has 2 aliphatic heterocycles. The van der Waals surface area contributed by atoms with Crippen LogP contribution in [0.25, 0.3) is 11.0 Å². The topological polar surface area (TPSA) is 88.4 Å². The molecule has 30 heavy (non-hydrogen) atoms. The maximum atomic E-state index is 12.7. The van der Waals surface area contributed by atoms with Crippen molar-refractivity contribution in [3.05, 3.63) is 30.1 Å². The number of anilines is 1. The minimum Gasteiger partial charge on any atom is -0.367 e. The SMILES string of the molecule is C[C@H]1C[C@@H](NC(=O)CN2CCN(C)CC2)CN(c2ccc(C#N)c3nccnc23)C1. The Morgan fingerprint density at radius 2 is 1.90 bits per heavy atom. The first-order valence-electron chi connectivity index (χ1n) is 10.6. The Morgan fingerprint density at radius 3 is 2.63 bits per heavy atom. The van der Waals surface area contributed by atoms with Gasteiger partial charge < -0.3 is 15.1 Å². The maximum Gasteiger partial charge on any atom is 0.234 e. The fourth-order valence-electron chi connectivity index (χ4n) is 4.52. The number of fused-ring (bicyclic) bond motifs is 1. The van der Waals surface area contributed by atoms with E-state index in [1.807, 2.05) is 12.1 Å². The number of piperidine rings is 1. The van der Waals surface area contributed by atoms with Crippen LogP contribution in [-0.4, -0.2) is 84.6 Å². The first kappa shape index (κ1) is 20.5. The third-order valence-corrected chi connectivity index (χ3v) is 6.05. The summed E-state index contributed by atoms with van der Waals surface area (Å²) in [6.45, 7) is 8.19. The molecule has 0 bridgehead atoms. The fourth-order valence-corrected chi connectivity index (χ4v) is 4.52. The number of nitrogens with zero attached hydrogens (tertiary/aromatic N) is 6. The van der Waals surface area contributed by atoms with Crippen LogP contribution in [0.15, 0.2) is 24.5 Å². The van der Waals surface area contributed by atoms with Gasteiger partial charge in [-0.3, -0.25) is 19.7 Å². The monoisotopic (exact) mass is 407 g/mol. The van der Waals surface area contributed by atoms with Gasteiger partial charge in [0.05, 0.1) is 17.8 Å². The van der Waals surface area contributed by atoms with E-state index >= 15 is 0 Å². The molecule has 0 saturated carbocycles. The summed E-state index contributed by atoms with van der Waals surface area (Å²) < 4.78 is 0. The van der Waals surface area contributed by atoms with Crippen LogP contribution < -0.4 is 10.2 Å². The second-order valence-electron chi connectivity index (χ2n) is 8.59. The van der Waals surface area contributed by atoms with Crippen LogP contribution in [0.2, 0.25) is 0 Å². The summed E-state index contributed by atoms with van der Waals surface area (Å²) in [5, 5.41) is 12.6. The molecule has 2 saturated heterocycles. The number of hydrogen-bond donors (Lipinski definition) is 1. The van der Waals surface area contributed by atoms with Crippen molar-refractivity contribution in [1.29, 1.82) is 5.26 Å². The van der Waals surface area contributed by atoms with E-state index in [1.54, 1.807) is 12.4 Å².